The molecule has 1 aliphatic heterocycles. The highest BCUT2D eigenvalue weighted by Gasteiger charge is 2.32. The summed E-state index contributed by atoms with van der Waals surface area (Å²) in [5, 5.41) is 11.9. The Bertz CT molecular complexity index is 408. The maximum atomic E-state index is 12.0. The molecule has 1 saturated carbocycles. The number of nitrogens with zero attached hydrogens (tertiary/aromatic N) is 2. The van der Waals surface area contributed by atoms with Crippen molar-refractivity contribution in [3.63, 3.8) is 0 Å². The van der Waals surface area contributed by atoms with Gasteiger partial charge in [0.2, 0.25) is 11.8 Å². The van der Waals surface area contributed by atoms with Gasteiger partial charge in [-0.15, -0.1) is 0 Å². The second-order valence-electron chi connectivity index (χ2n) is 5.56. The first kappa shape index (κ1) is 14.8. The van der Waals surface area contributed by atoms with Gasteiger partial charge in [-0.2, -0.15) is 0 Å². The van der Waals surface area contributed by atoms with Crippen LogP contribution in [0, 0.1) is 0 Å². The number of aliphatic carboxylic acids is 1. The second kappa shape index (κ2) is 6.21. The molecule has 7 nitrogen and oxygen atoms in total. The van der Waals surface area contributed by atoms with Crippen LogP contribution in [0.2, 0.25) is 0 Å². The number of likely N-dealkylation sites (tertiary alicyclic amines) is 1. The van der Waals surface area contributed by atoms with E-state index in [0.29, 0.717) is 13.0 Å². The third kappa shape index (κ3) is 3.93. The molecule has 20 heavy (non-hydrogen) atoms. The molecule has 1 atom stereocenters. The zero-order valence-electron chi connectivity index (χ0n) is 11.7. The average Bonchev–Trinajstić information content (AvgIpc) is 3.04. The summed E-state index contributed by atoms with van der Waals surface area (Å²) in [6.07, 6.45) is 3.39. The molecular formula is C13H21N3O4. The summed E-state index contributed by atoms with van der Waals surface area (Å²) in [5.41, 5.74) is 0. The van der Waals surface area contributed by atoms with Crippen LogP contribution in [0.3, 0.4) is 0 Å². The Kier molecular flexibility index (Phi) is 4.59. The molecule has 2 N–H and O–H groups in total. The van der Waals surface area contributed by atoms with Crippen molar-refractivity contribution >= 4 is 17.8 Å². The van der Waals surface area contributed by atoms with Gasteiger partial charge in [-0.05, 0) is 32.2 Å². The van der Waals surface area contributed by atoms with Gasteiger partial charge in [0, 0.05) is 13.1 Å². The monoisotopic (exact) mass is 283 g/mol. The van der Waals surface area contributed by atoms with Gasteiger partial charge in [-0.1, -0.05) is 0 Å². The fourth-order valence-corrected chi connectivity index (χ4v) is 2.39. The molecule has 2 amide bonds. The predicted octanol–water partition coefficient (Wildman–Crippen LogP) is -0.728. The van der Waals surface area contributed by atoms with E-state index in [0.717, 1.165) is 19.3 Å². The Hall–Kier alpha value is -1.63. The van der Waals surface area contributed by atoms with Crippen LogP contribution in [0.15, 0.2) is 0 Å². The minimum Gasteiger partial charge on any atom is -0.480 e. The fourth-order valence-electron chi connectivity index (χ4n) is 2.39. The normalized spacial score (nSPS) is 22.6. The van der Waals surface area contributed by atoms with Crippen molar-refractivity contribution in [1.82, 2.24) is 15.1 Å². The van der Waals surface area contributed by atoms with E-state index in [2.05, 4.69) is 5.32 Å². The van der Waals surface area contributed by atoms with Crippen molar-refractivity contribution in [3.8, 4) is 0 Å². The molecule has 7 heteroatoms. The standard InChI is InChI=1S/C13H21N3O4/c1-15(7-11(17)14-9-4-5-9)12(18)8-16-6-2-3-10(16)13(19)20/h9-10H,2-8H2,1H3,(H,14,17)(H,19,20). The lowest BCUT2D eigenvalue weighted by atomic mass is 10.2. The van der Waals surface area contributed by atoms with Crippen LogP contribution in [0.4, 0.5) is 0 Å². The number of carboxylic acid groups (broad SMARTS) is 1. The number of carboxylic acids is 1. The number of hydrogen-bond acceptors (Lipinski definition) is 4. The second-order valence-corrected chi connectivity index (χ2v) is 5.56. The highest BCUT2D eigenvalue weighted by molar-refractivity contribution is 5.86. The van der Waals surface area contributed by atoms with Crippen LogP contribution in [0.5, 0.6) is 0 Å². The minimum absolute atomic E-state index is 0.0287. The van der Waals surface area contributed by atoms with Gasteiger partial charge in [-0.25, -0.2) is 0 Å². The lowest BCUT2D eigenvalue weighted by molar-refractivity contribution is -0.144. The molecule has 1 heterocycles. The predicted molar refractivity (Wildman–Crippen MR) is 71.0 cm³/mol. The SMILES string of the molecule is CN(CC(=O)NC1CC1)C(=O)CN1CCCC1C(=O)O. The van der Waals surface area contributed by atoms with E-state index in [-0.39, 0.29) is 30.9 Å². The van der Waals surface area contributed by atoms with Crippen LogP contribution >= 0.6 is 0 Å². The van der Waals surface area contributed by atoms with E-state index in [1.54, 1.807) is 11.9 Å². The number of carbonyl (C=O) groups excluding carboxylic acids is 2. The summed E-state index contributed by atoms with van der Waals surface area (Å²) in [6, 6.07) is -0.298. The Balaban J connectivity index is 1.77. The molecule has 0 aromatic carbocycles. The Morgan fingerprint density at radius 1 is 1.30 bits per heavy atom. The molecular weight excluding hydrogens is 262 g/mol. The molecule has 0 aromatic heterocycles. The molecule has 2 aliphatic rings. The molecule has 2 rings (SSSR count). The topological polar surface area (TPSA) is 90.0 Å². The molecule has 1 unspecified atom stereocenters. The number of carbonyl (C=O) groups is 3. The third-order valence-electron chi connectivity index (χ3n) is 3.74. The van der Waals surface area contributed by atoms with Crippen molar-refractivity contribution in [2.45, 2.75) is 37.8 Å². The summed E-state index contributed by atoms with van der Waals surface area (Å²) in [4.78, 5) is 37.7. The van der Waals surface area contributed by atoms with Gasteiger partial charge in [0.25, 0.3) is 0 Å². The number of rotatable bonds is 6. The third-order valence-corrected chi connectivity index (χ3v) is 3.74. The summed E-state index contributed by atoms with van der Waals surface area (Å²) in [5.74, 6) is -1.26. The fraction of sp³-hybridized carbons (Fsp3) is 0.769. The first-order valence-electron chi connectivity index (χ1n) is 6.97. The van der Waals surface area contributed by atoms with Gasteiger partial charge < -0.3 is 15.3 Å². The quantitative estimate of drug-likeness (QED) is 0.671. The van der Waals surface area contributed by atoms with E-state index in [1.165, 1.54) is 4.90 Å². The number of hydrogen-bond donors (Lipinski definition) is 2. The van der Waals surface area contributed by atoms with E-state index in [1.807, 2.05) is 0 Å². The van der Waals surface area contributed by atoms with Gasteiger partial charge in [0.1, 0.15) is 6.04 Å². The van der Waals surface area contributed by atoms with Crippen molar-refractivity contribution in [3.05, 3.63) is 0 Å². The Labute approximate surface area is 117 Å². The van der Waals surface area contributed by atoms with E-state index >= 15 is 0 Å². The zero-order chi connectivity index (χ0) is 14.7. The summed E-state index contributed by atoms with van der Waals surface area (Å²) in [6.45, 7) is 0.704. The minimum atomic E-state index is -0.885. The van der Waals surface area contributed by atoms with Crippen molar-refractivity contribution in [1.29, 1.82) is 0 Å². The summed E-state index contributed by atoms with van der Waals surface area (Å²) < 4.78 is 0. The maximum Gasteiger partial charge on any atom is 0.320 e. The smallest absolute Gasteiger partial charge is 0.320 e. The Morgan fingerprint density at radius 2 is 2.00 bits per heavy atom. The van der Waals surface area contributed by atoms with E-state index in [9.17, 15) is 14.4 Å². The summed E-state index contributed by atoms with van der Waals surface area (Å²) in [7, 11) is 1.57. The largest absolute Gasteiger partial charge is 0.480 e. The maximum absolute atomic E-state index is 12.0. The molecule has 1 saturated heterocycles. The van der Waals surface area contributed by atoms with Crippen LogP contribution in [0.25, 0.3) is 0 Å². The number of nitrogens with one attached hydrogen (secondary N) is 1. The summed E-state index contributed by atoms with van der Waals surface area (Å²) >= 11 is 0. The van der Waals surface area contributed by atoms with Crippen LogP contribution in [-0.4, -0.2) is 71.5 Å². The van der Waals surface area contributed by atoms with Crippen molar-refractivity contribution in [2.75, 3.05) is 26.7 Å². The van der Waals surface area contributed by atoms with Crippen molar-refractivity contribution in [2.24, 2.45) is 0 Å². The Morgan fingerprint density at radius 3 is 2.60 bits per heavy atom. The lowest BCUT2D eigenvalue weighted by Gasteiger charge is -2.24. The molecule has 0 radical (unpaired) electrons. The number of likely N-dealkylation sites (N-methyl/N-ethyl adjacent to an activating group) is 1. The highest BCUT2D eigenvalue weighted by atomic mass is 16.4. The van der Waals surface area contributed by atoms with Crippen LogP contribution < -0.4 is 5.32 Å². The first-order valence-corrected chi connectivity index (χ1v) is 6.97. The van der Waals surface area contributed by atoms with Crippen LogP contribution in [0.1, 0.15) is 25.7 Å². The first-order chi connectivity index (χ1) is 9.47. The molecule has 0 spiro atoms. The molecule has 1 aliphatic carbocycles. The number of amides is 2. The molecule has 2 fully saturated rings. The van der Waals surface area contributed by atoms with Gasteiger partial charge >= 0.3 is 5.97 Å². The molecule has 0 bridgehead atoms. The zero-order valence-corrected chi connectivity index (χ0v) is 11.7. The molecule has 0 aromatic rings. The van der Waals surface area contributed by atoms with Gasteiger partial charge in [-0.3, -0.25) is 19.3 Å². The average molecular weight is 283 g/mol. The lowest BCUT2D eigenvalue weighted by Crippen LogP contribution is -2.46. The van der Waals surface area contributed by atoms with Gasteiger partial charge in [0.15, 0.2) is 0 Å². The van der Waals surface area contributed by atoms with Gasteiger partial charge in [0.05, 0.1) is 13.1 Å². The molecule has 112 valence electrons. The van der Waals surface area contributed by atoms with E-state index in [4.69, 9.17) is 5.11 Å². The van der Waals surface area contributed by atoms with Crippen LogP contribution in [-0.2, 0) is 14.4 Å². The van der Waals surface area contributed by atoms with E-state index < -0.39 is 12.0 Å². The van der Waals surface area contributed by atoms with Crippen molar-refractivity contribution < 1.29 is 19.5 Å². The highest BCUT2D eigenvalue weighted by Crippen LogP contribution is 2.18.